The zero-order valence-corrected chi connectivity index (χ0v) is 18.3. The molecule has 0 amide bonds. The molecule has 2 heterocycles. The van der Waals surface area contributed by atoms with E-state index < -0.39 is 0 Å². The molecule has 2 unspecified atom stereocenters. The highest BCUT2D eigenvalue weighted by atomic mass is 15.1. The highest BCUT2D eigenvalue weighted by molar-refractivity contribution is 6.04. The van der Waals surface area contributed by atoms with Crippen LogP contribution >= 0.6 is 0 Å². The van der Waals surface area contributed by atoms with Gasteiger partial charge in [0.2, 0.25) is 0 Å². The average Bonchev–Trinajstić information content (AvgIpc) is 2.93. The van der Waals surface area contributed by atoms with Crippen molar-refractivity contribution in [2.75, 3.05) is 0 Å². The van der Waals surface area contributed by atoms with Crippen molar-refractivity contribution in [2.24, 2.45) is 11.3 Å². The molecule has 0 saturated heterocycles. The fourth-order valence-electron chi connectivity index (χ4n) is 6.42. The van der Waals surface area contributed by atoms with Crippen molar-refractivity contribution < 1.29 is 0 Å². The molecule has 1 N–H and O–H groups in total. The Morgan fingerprint density at radius 1 is 0.931 bits per heavy atom. The van der Waals surface area contributed by atoms with E-state index in [9.17, 15) is 0 Å². The first-order chi connectivity index (χ1) is 13.7. The van der Waals surface area contributed by atoms with E-state index in [1.807, 2.05) is 0 Å². The molecule has 146 valence electrons. The molecule has 2 aromatic carbocycles. The first-order valence-corrected chi connectivity index (χ1v) is 10.9. The lowest BCUT2D eigenvalue weighted by Crippen LogP contribution is -2.49. The van der Waals surface area contributed by atoms with Gasteiger partial charge in [0.1, 0.15) is 0 Å². The monoisotopic (exact) mass is 379 g/mol. The molecule has 0 saturated carbocycles. The third-order valence-corrected chi connectivity index (χ3v) is 8.35. The third-order valence-electron chi connectivity index (χ3n) is 8.35. The average molecular weight is 380 g/mol. The maximum absolute atomic E-state index is 4.09. The Labute approximate surface area is 173 Å². The minimum atomic E-state index is -0.169. The van der Waals surface area contributed by atoms with Crippen molar-refractivity contribution in [3.8, 4) is 0 Å². The summed E-state index contributed by atoms with van der Waals surface area (Å²) in [5.41, 5.74) is 9.78. The van der Waals surface area contributed by atoms with Crippen LogP contribution in [0.15, 0.2) is 71.4 Å². The lowest BCUT2D eigenvalue weighted by molar-refractivity contribution is 0.247. The zero-order valence-electron chi connectivity index (χ0n) is 18.3. The number of allylic oxidation sites excluding steroid dienone is 5. The Morgan fingerprint density at radius 2 is 1.72 bits per heavy atom. The van der Waals surface area contributed by atoms with Crippen LogP contribution in [0.2, 0.25) is 0 Å². The van der Waals surface area contributed by atoms with Gasteiger partial charge in [0.25, 0.3) is 0 Å². The number of nitrogens with one attached hydrogen (secondary N) is 1. The largest absolute Gasteiger partial charge is 0.374 e. The number of rotatable bonds is 1. The van der Waals surface area contributed by atoms with Gasteiger partial charge in [-0.3, -0.25) is 0 Å². The Hall–Kier alpha value is -2.54. The summed E-state index contributed by atoms with van der Waals surface area (Å²) in [4.78, 5) is 0. The van der Waals surface area contributed by atoms with E-state index >= 15 is 0 Å². The number of fused-ring (bicyclic) bond motifs is 4. The minimum Gasteiger partial charge on any atom is -0.374 e. The van der Waals surface area contributed by atoms with Crippen molar-refractivity contribution in [3.05, 3.63) is 88.0 Å². The van der Waals surface area contributed by atoms with E-state index in [1.54, 1.807) is 0 Å². The van der Waals surface area contributed by atoms with E-state index in [-0.39, 0.29) is 16.4 Å². The lowest BCUT2D eigenvalue weighted by atomic mass is 9.58. The van der Waals surface area contributed by atoms with Crippen LogP contribution in [0.3, 0.4) is 0 Å². The molecule has 2 bridgehead atoms. The van der Waals surface area contributed by atoms with Gasteiger partial charge >= 0.3 is 0 Å². The molecule has 6 rings (SSSR count). The summed E-state index contributed by atoms with van der Waals surface area (Å²) in [6, 6.07) is 11.5. The molecule has 1 nitrogen and oxygen atoms in total. The van der Waals surface area contributed by atoms with Gasteiger partial charge in [-0.25, -0.2) is 0 Å². The Balaban J connectivity index is 1.83. The van der Waals surface area contributed by atoms with E-state index in [4.69, 9.17) is 0 Å². The SMILES string of the molecule is CC(C)C1=CC=CC2(C)C1=CC1=C3NC2(C)c2ccc4cccc(c4c23)C1(C)C. The quantitative estimate of drug-likeness (QED) is 0.577. The first-order valence-electron chi connectivity index (χ1n) is 10.9. The summed E-state index contributed by atoms with van der Waals surface area (Å²) in [6.07, 6.45) is 9.59. The molecule has 0 radical (unpaired) electrons. The predicted molar refractivity (Wildman–Crippen MR) is 123 cm³/mol. The maximum atomic E-state index is 4.09. The molecule has 29 heavy (non-hydrogen) atoms. The van der Waals surface area contributed by atoms with Crippen molar-refractivity contribution in [2.45, 2.75) is 52.5 Å². The molecule has 0 fully saturated rings. The third kappa shape index (κ3) is 1.75. The first kappa shape index (κ1) is 17.3. The second-order valence-corrected chi connectivity index (χ2v) is 10.5. The van der Waals surface area contributed by atoms with Gasteiger partial charge < -0.3 is 5.32 Å². The van der Waals surface area contributed by atoms with Crippen LogP contribution in [0, 0.1) is 11.3 Å². The fraction of sp³-hybridized carbons (Fsp3) is 0.357. The van der Waals surface area contributed by atoms with Crippen molar-refractivity contribution in [3.63, 3.8) is 0 Å². The highest BCUT2D eigenvalue weighted by Gasteiger charge is 2.57. The molecule has 2 aliphatic heterocycles. The molecule has 1 heteroatoms. The van der Waals surface area contributed by atoms with Crippen LogP contribution in [0.25, 0.3) is 16.5 Å². The van der Waals surface area contributed by atoms with E-state index in [0.717, 1.165) is 0 Å². The van der Waals surface area contributed by atoms with Crippen LogP contribution in [0.5, 0.6) is 0 Å². The molecular weight excluding hydrogens is 350 g/mol. The number of hydrogen-bond acceptors (Lipinski definition) is 1. The summed E-state index contributed by atoms with van der Waals surface area (Å²) in [5, 5.41) is 6.89. The Kier molecular flexibility index (Phi) is 2.96. The van der Waals surface area contributed by atoms with Gasteiger partial charge in [-0.2, -0.15) is 0 Å². The number of hydrogen-bond donors (Lipinski definition) is 1. The van der Waals surface area contributed by atoms with Crippen LogP contribution < -0.4 is 5.32 Å². The van der Waals surface area contributed by atoms with Crippen molar-refractivity contribution >= 4 is 16.5 Å². The highest BCUT2D eigenvalue weighted by Crippen LogP contribution is 2.62. The normalized spacial score (nSPS) is 30.3. The Bertz CT molecular complexity index is 1250. The van der Waals surface area contributed by atoms with Crippen LogP contribution in [-0.2, 0) is 11.0 Å². The molecule has 4 aliphatic rings. The minimum absolute atomic E-state index is 0.0415. The van der Waals surface area contributed by atoms with E-state index in [2.05, 4.69) is 101 Å². The van der Waals surface area contributed by atoms with Crippen molar-refractivity contribution in [1.82, 2.24) is 5.32 Å². The van der Waals surface area contributed by atoms with Gasteiger partial charge in [0.05, 0.1) is 5.54 Å². The topological polar surface area (TPSA) is 12.0 Å². The van der Waals surface area contributed by atoms with Crippen LogP contribution in [0.4, 0.5) is 0 Å². The molecule has 2 atom stereocenters. The standard InChI is InChI=1S/C28H29N/c1-16(2)18-10-8-14-27(5)21(18)15-22-25-24-20(28(27,6)29-25)13-12-17-9-7-11-19(23(17)24)26(22,3)4/h7-16,29H,1-6H3. The predicted octanol–water partition coefficient (Wildman–Crippen LogP) is 6.76. The van der Waals surface area contributed by atoms with Gasteiger partial charge in [-0.05, 0) is 58.4 Å². The smallest absolute Gasteiger partial charge is 0.0732 e. The summed E-state index contributed by atoms with van der Waals surface area (Å²) in [5.74, 6) is 0.497. The van der Waals surface area contributed by atoms with Crippen molar-refractivity contribution in [1.29, 1.82) is 0 Å². The summed E-state index contributed by atoms with van der Waals surface area (Å²) >= 11 is 0. The van der Waals surface area contributed by atoms with Gasteiger partial charge in [-0.15, -0.1) is 0 Å². The van der Waals surface area contributed by atoms with E-state index in [1.165, 1.54) is 49.9 Å². The summed E-state index contributed by atoms with van der Waals surface area (Å²) < 4.78 is 0. The van der Waals surface area contributed by atoms with Crippen LogP contribution in [-0.4, -0.2) is 0 Å². The Morgan fingerprint density at radius 3 is 2.48 bits per heavy atom. The second-order valence-electron chi connectivity index (χ2n) is 10.5. The summed E-state index contributed by atoms with van der Waals surface area (Å²) in [6.45, 7) is 14.3. The maximum Gasteiger partial charge on any atom is 0.0732 e. The molecule has 2 aliphatic carbocycles. The van der Waals surface area contributed by atoms with Gasteiger partial charge in [-0.1, -0.05) is 82.3 Å². The number of benzene rings is 2. The van der Waals surface area contributed by atoms with Gasteiger partial charge in [0.15, 0.2) is 0 Å². The zero-order chi connectivity index (χ0) is 20.3. The fourth-order valence-corrected chi connectivity index (χ4v) is 6.42. The molecular formula is C28H29N. The van der Waals surface area contributed by atoms with E-state index in [0.29, 0.717) is 5.92 Å². The second kappa shape index (κ2) is 4.95. The van der Waals surface area contributed by atoms with Crippen LogP contribution in [0.1, 0.15) is 58.2 Å². The molecule has 0 spiro atoms. The van der Waals surface area contributed by atoms with Gasteiger partial charge in [0, 0.05) is 22.1 Å². The lowest BCUT2D eigenvalue weighted by Gasteiger charge is -2.47. The molecule has 0 aromatic heterocycles. The summed E-state index contributed by atoms with van der Waals surface area (Å²) in [7, 11) is 0. The molecule has 2 aromatic rings.